The Bertz CT molecular complexity index is 1070. The summed E-state index contributed by atoms with van der Waals surface area (Å²) in [6.45, 7) is 6.83. The molecule has 7 heteroatoms. The average Bonchev–Trinajstić information content (AvgIpc) is 3.25. The van der Waals surface area contributed by atoms with E-state index in [9.17, 15) is 10.1 Å². The largest absolute Gasteiger partial charge is 0.333 e. The highest BCUT2D eigenvalue weighted by Crippen LogP contribution is 2.44. The topological polar surface area (TPSA) is 81.6 Å². The molecule has 2 N–H and O–H groups in total. The quantitative estimate of drug-likeness (QED) is 0.551. The number of carbonyl (C=O) groups is 1. The number of fused-ring (bicyclic) bond motifs is 2. The summed E-state index contributed by atoms with van der Waals surface area (Å²) in [5.74, 6) is 0.739. The number of aromatic nitrogens is 2. The lowest BCUT2D eigenvalue weighted by Gasteiger charge is -2.33. The third kappa shape index (κ3) is 4.19. The van der Waals surface area contributed by atoms with Gasteiger partial charge in [-0.25, -0.2) is 4.98 Å². The lowest BCUT2D eigenvalue weighted by molar-refractivity contribution is -0.113. The summed E-state index contributed by atoms with van der Waals surface area (Å²) in [5, 5.41) is 14.1. The van der Waals surface area contributed by atoms with E-state index in [1.807, 2.05) is 24.3 Å². The smallest absolute Gasteiger partial charge is 0.235 e. The summed E-state index contributed by atoms with van der Waals surface area (Å²) in [5.41, 5.74) is 3.89. The number of H-pyrrole nitrogens is 1. The Kier molecular flexibility index (Phi) is 5.41. The summed E-state index contributed by atoms with van der Waals surface area (Å²) in [4.78, 5) is 21.5. The summed E-state index contributed by atoms with van der Waals surface area (Å²) in [6.07, 6.45) is 3.00. The number of rotatable bonds is 4. The number of aromatic amines is 1. The molecule has 4 rings (SSSR count). The number of thiophene rings is 1. The van der Waals surface area contributed by atoms with E-state index in [-0.39, 0.29) is 17.1 Å². The normalized spacial score (nSPS) is 16.4. The zero-order valence-corrected chi connectivity index (χ0v) is 18.5. The molecule has 0 saturated heterocycles. The SMILES string of the molecule is CC(C)(C)[C@H]1CCc2c(sc(NC(=O)CSc3nc4ccccc4[nH]3)c2C#N)C1. The van der Waals surface area contributed by atoms with Crippen molar-refractivity contribution in [3.05, 3.63) is 40.3 Å². The van der Waals surface area contributed by atoms with E-state index in [0.29, 0.717) is 16.5 Å². The minimum Gasteiger partial charge on any atom is -0.333 e. The number of nitrogens with zero attached hydrogens (tertiary/aromatic N) is 2. The van der Waals surface area contributed by atoms with Gasteiger partial charge in [0.25, 0.3) is 0 Å². The Labute approximate surface area is 178 Å². The van der Waals surface area contributed by atoms with Crippen LogP contribution >= 0.6 is 23.1 Å². The maximum Gasteiger partial charge on any atom is 0.235 e. The van der Waals surface area contributed by atoms with Crippen LogP contribution in [0, 0.1) is 22.7 Å². The fourth-order valence-electron chi connectivity index (χ4n) is 3.83. The van der Waals surface area contributed by atoms with Crippen molar-refractivity contribution < 1.29 is 4.79 Å². The van der Waals surface area contributed by atoms with Crippen LogP contribution in [0.3, 0.4) is 0 Å². The number of hydrogen-bond acceptors (Lipinski definition) is 5. The van der Waals surface area contributed by atoms with E-state index >= 15 is 0 Å². The number of carbonyl (C=O) groups excluding carboxylic acids is 1. The first-order valence-corrected chi connectivity index (χ1v) is 11.6. The molecular weight excluding hydrogens is 400 g/mol. The molecule has 0 aliphatic heterocycles. The molecule has 1 atom stereocenters. The van der Waals surface area contributed by atoms with Gasteiger partial charge in [0.15, 0.2) is 5.16 Å². The zero-order valence-electron chi connectivity index (χ0n) is 16.8. The van der Waals surface area contributed by atoms with E-state index in [4.69, 9.17) is 0 Å². The van der Waals surface area contributed by atoms with Gasteiger partial charge >= 0.3 is 0 Å². The number of nitrogens with one attached hydrogen (secondary N) is 2. The molecule has 0 bridgehead atoms. The van der Waals surface area contributed by atoms with Crippen LogP contribution in [0.5, 0.6) is 0 Å². The third-order valence-electron chi connectivity index (χ3n) is 5.56. The van der Waals surface area contributed by atoms with Gasteiger partial charge in [0.2, 0.25) is 5.91 Å². The van der Waals surface area contributed by atoms with E-state index in [1.54, 1.807) is 11.3 Å². The van der Waals surface area contributed by atoms with Gasteiger partial charge in [0.05, 0.1) is 22.3 Å². The zero-order chi connectivity index (χ0) is 20.6. The molecule has 5 nitrogen and oxygen atoms in total. The van der Waals surface area contributed by atoms with Crippen molar-refractivity contribution >= 4 is 45.0 Å². The Morgan fingerprint density at radius 1 is 1.41 bits per heavy atom. The number of thioether (sulfide) groups is 1. The van der Waals surface area contributed by atoms with Gasteiger partial charge in [-0.3, -0.25) is 4.79 Å². The van der Waals surface area contributed by atoms with Crippen LogP contribution in [-0.2, 0) is 17.6 Å². The molecule has 0 radical (unpaired) electrons. The number of benzene rings is 1. The van der Waals surface area contributed by atoms with Crippen LogP contribution in [-0.4, -0.2) is 21.6 Å². The van der Waals surface area contributed by atoms with E-state index < -0.39 is 0 Å². The van der Waals surface area contributed by atoms with E-state index in [0.717, 1.165) is 41.0 Å². The fraction of sp³-hybridized carbons (Fsp3) is 0.409. The Hall–Kier alpha value is -2.30. The molecule has 1 aromatic carbocycles. The van der Waals surface area contributed by atoms with E-state index in [1.165, 1.54) is 16.6 Å². The molecule has 3 aromatic rings. The molecule has 29 heavy (non-hydrogen) atoms. The second kappa shape index (κ2) is 7.85. The molecule has 0 fully saturated rings. The molecule has 150 valence electrons. The Morgan fingerprint density at radius 3 is 2.93 bits per heavy atom. The predicted octanol–water partition coefficient (Wildman–Crippen LogP) is 5.38. The van der Waals surface area contributed by atoms with Crippen LogP contribution in [0.2, 0.25) is 0 Å². The number of hydrogen-bond donors (Lipinski definition) is 2. The first-order valence-electron chi connectivity index (χ1n) is 9.77. The van der Waals surface area contributed by atoms with Gasteiger partial charge in [-0.15, -0.1) is 11.3 Å². The maximum atomic E-state index is 12.5. The molecule has 1 aliphatic rings. The van der Waals surface area contributed by atoms with Gasteiger partial charge in [-0.1, -0.05) is 44.7 Å². The first kappa shape index (κ1) is 20.0. The second-order valence-corrected chi connectivity index (χ2v) is 10.6. The molecule has 0 saturated carbocycles. The number of para-hydroxylation sites is 2. The molecule has 2 aromatic heterocycles. The van der Waals surface area contributed by atoms with Crippen molar-refractivity contribution in [2.45, 2.75) is 45.2 Å². The van der Waals surface area contributed by atoms with Crippen molar-refractivity contribution in [3.8, 4) is 6.07 Å². The highest BCUT2D eigenvalue weighted by molar-refractivity contribution is 7.99. The lowest BCUT2D eigenvalue weighted by Crippen LogP contribution is -2.26. The van der Waals surface area contributed by atoms with Crippen LogP contribution in [0.15, 0.2) is 29.4 Å². The summed E-state index contributed by atoms with van der Waals surface area (Å²) in [6, 6.07) is 10.1. The number of imidazole rings is 1. The average molecular weight is 425 g/mol. The summed E-state index contributed by atoms with van der Waals surface area (Å²) in [7, 11) is 0. The number of anilines is 1. The third-order valence-corrected chi connectivity index (χ3v) is 7.61. The summed E-state index contributed by atoms with van der Waals surface area (Å²) >= 11 is 2.94. The predicted molar refractivity (Wildman–Crippen MR) is 119 cm³/mol. The molecule has 1 aliphatic carbocycles. The standard InChI is InChI=1S/C22H24N4OS2/c1-22(2,3)13-8-9-14-15(11-23)20(29-18(14)10-13)26-19(27)12-28-21-24-16-6-4-5-7-17(16)25-21/h4-7,13H,8-10,12H2,1-3H3,(H,24,25)(H,26,27)/t13-/m0/s1. The van der Waals surface area contributed by atoms with Gasteiger partial charge < -0.3 is 10.3 Å². The van der Waals surface area contributed by atoms with Crippen LogP contribution in [0.1, 0.15) is 43.2 Å². The van der Waals surface area contributed by atoms with Gasteiger partial charge in [0.1, 0.15) is 11.1 Å². The molecule has 0 unspecified atom stereocenters. The van der Waals surface area contributed by atoms with Crippen LogP contribution in [0.25, 0.3) is 11.0 Å². The number of nitriles is 1. The van der Waals surface area contributed by atoms with Gasteiger partial charge in [0, 0.05) is 4.88 Å². The van der Waals surface area contributed by atoms with Crippen molar-refractivity contribution in [2.75, 3.05) is 11.1 Å². The van der Waals surface area contributed by atoms with Crippen molar-refractivity contribution in [1.29, 1.82) is 5.26 Å². The van der Waals surface area contributed by atoms with Crippen LogP contribution in [0.4, 0.5) is 5.00 Å². The number of amides is 1. The molecule has 2 heterocycles. The monoisotopic (exact) mass is 424 g/mol. The molecular formula is C22H24N4OS2. The summed E-state index contributed by atoms with van der Waals surface area (Å²) < 4.78 is 0. The second-order valence-electron chi connectivity index (χ2n) is 8.52. The van der Waals surface area contributed by atoms with Crippen LogP contribution < -0.4 is 5.32 Å². The fourth-order valence-corrected chi connectivity index (χ4v) is 5.80. The van der Waals surface area contributed by atoms with Gasteiger partial charge in [-0.2, -0.15) is 5.26 Å². The highest BCUT2D eigenvalue weighted by atomic mass is 32.2. The Morgan fingerprint density at radius 2 is 2.21 bits per heavy atom. The van der Waals surface area contributed by atoms with Crippen molar-refractivity contribution in [2.24, 2.45) is 11.3 Å². The first-order chi connectivity index (χ1) is 13.8. The lowest BCUT2D eigenvalue weighted by atomic mass is 9.72. The molecule has 0 spiro atoms. The Balaban J connectivity index is 1.44. The minimum absolute atomic E-state index is 0.113. The highest BCUT2D eigenvalue weighted by Gasteiger charge is 2.32. The van der Waals surface area contributed by atoms with Crippen molar-refractivity contribution in [1.82, 2.24) is 9.97 Å². The van der Waals surface area contributed by atoms with Crippen molar-refractivity contribution in [3.63, 3.8) is 0 Å². The maximum absolute atomic E-state index is 12.5. The minimum atomic E-state index is -0.113. The van der Waals surface area contributed by atoms with Gasteiger partial charge in [-0.05, 0) is 48.3 Å². The van der Waals surface area contributed by atoms with E-state index in [2.05, 4.69) is 42.1 Å². The molecule has 1 amide bonds.